The fourth-order valence-corrected chi connectivity index (χ4v) is 3.57. The van der Waals surface area contributed by atoms with Crippen molar-refractivity contribution in [2.45, 2.75) is 37.4 Å². The van der Waals surface area contributed by atoms with Crippen LogP contribution in [-0.4, -0.2) is 16.9 Å². The molecule has 5 heteroatoms. The highest BCUT2D eigenvalue weighted by molar-refractivity contribution is 8.00. The molecule has 0 aliphatic heterocycles. The largest absolute Gasteiger partial charge is 0.397 e. The van der Waals surface area contributed by atoms with E-state index in [4.69, 9.17) is 17.3 Å². The van der Waals surface area contributed by atoms with Crippen LogP contribution in [0.1, 0.15) is 32.1 Å². The first-order chi connectivity index (χ1) is 9.15. The number of halogens is 1. The number of carbonyl (C=O) groups is 1. The summed E-state index contributed by atoms with van der Waals surface area (Å²) < 4.78 is 0. The second-order valence-corrected chi connectivity index (χ2v) is 6.58. The zero-order valence-electron chi connectivity index (χ0n) is 10.8. The molecule has 1 aliphatic carbocycles. The van der Waals surface area contributed by atoms with Gasteiger partial charge in [-0.05, 0) is 31.0 Å². The second kappa shape index (κ2) is 7.06. The molecule has 0 saturated heterocycles. The lowest BCUT2D eigenvalue weighted by atomic mass is 10.0. The predicted molar refractivity (Wildman–Crippen MR) is 83.8 cm³/mol. The summed E-state index contributed by atoms with van der Waals surface area (Å²) >= 11 is 7.57. The van der Waals surface area contributed by atoms with Crippen LogP contribution < -0.4 is 11.1 Å². The van der Waals surface area contributed by atoms with Gasteiger partial charge in [-0.2, -0.15) is 0 Å². The number of nitrogens with two attached hydrogens (primary N) is 1. The molecule has 0 aromatic heterocycles. The van der Waals surface area contributed by atoms with Crippen LogP contribution >= 0.6 is 23.4 Å². The van der Waals surface area contributed by atoms with Crippen molar-refractivity contribution in [1.29, 1.82) is 0 Å². The molecule has 0 heterocycles. The number of amides is 1. The van der Waals surface area contributed by atoms with Crippen molar-refractivity contribution >= 4 is 40.6 Å². The summed E-state index contributed by atoms with van der Waals surface area (Å²) in [7, 11) is 0. The Balaban J connectivity index is 1.80. The summed E-state index contributed by atoms with van der Waals surface area (Å²) in [5, 5.41) is 4.05. The average molecular weight is 299 g/mol. The molecule has 0 spiro atoms. The molecule has 1 aliphatic rings. The van der Waals surface area contributed by atoms with Crippen LogP contribution in [0.4, 0.5) is 11.4 Å². The highest BCUT2D eigenvalue weighted by Crippen LogP contribution is 2.28. The zero-order valence-corrected chi connectivity index (χ0v) is 12.4. The molecule has 104 valence electrons. The summed E-state index contributed by atoms with van der Waals surface area (Å²) in [5.41, 5.74) is 6.94. The van der Waals surface area contributed by atoms with Crippen LogP contribution in [0.25, 0.3) is 0 Å². The number of nitrogen functional groups attached to an aromatic ring is 1. The van der Waals surface area contributed by atoms with E-state index < -0.39 is 0 Å². The summed E-state index contributed by atoms with van der Waals surface area (Å²) in [6.45, 7) is 0. The van der Waals surface area contributed by atoms with Crippen molar-refractivity contribution in [2.75, 3.05) is 16.8 Å². The molecular formula is C14H19ClN2OS. The zero-order chi connectivity index (χ0) is 13.7. The quantitative estimate of drug-likeness (QED) is 0.828. The monoisotopic (exact) mass is 298 g/mol. The molecule has 1 fully saturated rings. The van der Waals surface area contributed by atoms with E-state index in [1.54, 1.807) is 30.0 Å². The van der Waals surface area contributed by atoms with E-state index in [2.05, 4.69) is 5.32 Å². The number of thioether (sulfide) groups is 1. The first-order valence-electron chi connectivity index (χ1n) is 6.61. The molecule has 0 bridgehead atoms. The lowest BCUT2D eigenvalue weighted by Crippen LogP contribution is -2.18. The third-order valence-corrected chi connectivity index (χ3v) is 4.90. The minimum absolute atomic E-state index is 0.00426. The minimum Gasteiger partial charge on any atom is -0.397 e. The fraction of sp³-hybridized carbons (Fsp3) is 0.500. The molecular weight excluding hydrogens is 280 g/mol. The molecule has 1 amide bonds. The van der Waals surface area contributed by atoms with E-state index in [9.17, 15) is 4.79 Å². The van der Waals surface area contributed by atoms with Crippen molar-refractivity contribution in [1.82, 2.24) is 0 Å². The number of anilines is 2. The molecule has 0 unspecified atom stereocenters. The SMILES string of the molecule is Nc1cc(Cl)ccc1NC(=O)CSC1CCCCC1. The predicted octanol–water partition coefficient (Wildman–Crippen LogP) is 3.93. The van der Waals surface area contributed by atoms with Gasteiger partial charge in [-0.3, -0.25) is 4.79 Å². The van der Waals surface area contributed by atoms with Gasteiger partial charge in [-0.25, -0.2) is 0 Å². The lowest BCUT2D eigenvalue weighted by molar-refractivity contribution is -0.113. The third-order valence-electron chi connectivity index (χ3n) is 3.29. The first kappa shape index (κ1) is 14.5. The number of rotatable bonds is 4. The van der Waals surface area contributed by atoms with Crippen LogP contribution in [0.15, 0.2) is 18.2 Å². The maximum absolute atomic E-state index is 11.9. The van der Waals surface area contributed by atoms with Crippen LogP contribution in [0.3, 0.4) is 0 Å². The number of hydrogen-bond acceptors (Lipinski definition) is 3. The van der Waals surface area contributed by atoms with E-state index in [1.165, 1.54) is 32.1 Å². The Kier molecular flexibility index (Phi) is 5.40. The van der Waals surface area contributed by atoms with Crippen LogP contribution in [0, 0.1) is 0 Å². The molecule has 3 N–H and O–H groups in total. The molecule has 3 nitrogen and oxygen atoms in total. The van der Waals surface area contributed by atoms with Crippen molar-refractivity contribution in [3.05, 3.63) is 23.2 Å². The Labute approximate surface area is 123 Å². The molecule has 19 heavy (non-hydrogen) atoms. The van der Waals surface area contributed by atoms with Gasteiger partial charge >= 0.3 is 0 Å². The van der Waals surface area contributed by atoms with Gasteiger partial charge in [-0.1, -0.05) is 30.9 Å². The highest BCUT2D eigenvalue weighted by atomic mass is 35.5. The van der Waals surface area contributed by atoms with Crippen LogP contribution in [-0.2, 0) is 4.79 Å². The van der Waals surface area contributed by atoms with Gasteiger partial charge in [-0.15, -0.1) is 11.8 Å². The Hall–Kier alpha value is -0.870. The van der Waals surface area contributed by atoms with Crippen molar-refractivity contribution in [3.8, 4) is 0 Å². The Morgan fingerprint density at radius 1 is 1.37 bits per heavy atom. The summed E-state index contributed by atoms with van der Waals surface area (Å²) in [6, 6.07) is 5.11. The number of benzene rings is 1. The van der Waals surface area contributed by atoms with Gasteiger partial charge in [0.05, 0.1) is 17.1 Å². The van der Waals surface area contributed by atoms with Crippen LogP contribution in [0.5, 0.6) is 0 Å². The van der Waals surface area contributed by atoms with Crippen molar-refractivity contribution in [3.63, 3.8) is 0 Å². The normalized spacial score (nSPS) is 16.3. The summed E-state index contributed by atoms with van der Waals surface area (Å²) in [6.07, 6.45) is 6.40. The van der Waals surface area contributed by atoms with E-state index in [1.807, 2.05) is 0 Å². The second-order valence-electron chi connectivity index (χ2n) is 4.85. The van der Waals surface area contributed by atoms with Gasteiger partial charge in [0.2, 0.25) is 5.91 Å². The molecule has 0 radical (unpaired) electrons. The Morgan fingerprint density at radius 2 is 2.11 bits per heavy atom. The molecule has 1 aromatic carbocycles. The average Bonchev–Trinajstić information content (AvgIpc) is 2.41. The topological polar surface area (TPSA) is 55.1 Å². The smallest absolute Gasteiger partial charge is 0.234 e. The number of carbonyl (C=O) groups excluding carboxylic acids is 1. The molecule has 1 aromatic rings. The van der Waals surface area contributed by atoms with E-state index in [0.29, 0.717) is 27.4 Å². The van der Waals surface area contributed by atoms with Crippen molar-refractivity contribution in [2.24, 2.45) is 0 Å². The maximum Gasteiger partial charge on any atom is 0.234 e. The number of hydrogen-bond donors (Lipinski definition) is 2. The lowest BCUT2D eigenvalue weighted by Gasteiger charge is -2.20. The minimum atomic E-state index is 0.00426. The van der Waals surface area contributed by atoms with Gasteiger partial charge < -0.3 is 11.1 Å². The summed E-state index contributed by atoms with van der Waals surface area (Å²) in [5.74, 6) is 0.497. The molecule has 2 rings (SSSR count). The number of nitrogens with one attached hydrogen (secondary N) is 1. The standard InChI is InChI=1S/C14H19ClN2OS/c15-10-6-7-13(12(16)8-10)17-14(18)9-19-11-4-2-1-3-5-11/h6-8,11H,1-5,9,16H2,(H,17,18). The van der Waals surface area contributed by atoms with Crippen molar-refractivity contribution < 1.29 is 4.79 Å². The molecule has 0 atom stereocenters. The van der Waals surface area contributed by atoms with Crippen LogP contribution in [0.2, 0.25) is 5.02 Å². The van der Waals surface area contributed by atoms with E-state index >= 15 is 0 Å². The maximum atomic E-state index is 11.9. The Bertz CT molecular complexity index is 447. The summed E-state index contributed by atoms with van der Waals surface area (Å²) in [4.78, 5) is 11.9. The van der Waals surface area contributed by atoms with Gasteiger partial charge in [0.25, 0.3) is 0 Å². The first-order valence-corrected chi connectivity index (χ1v) is 8.04. The van der Waals surface area contributed by atoms with Gasteiger partial charge in [0.1, 0.15) is 0 Å². The van der Waals surface area contributed by atoms with Gasteiger partial charge in [0.15, 0.2) is 0 Å². The van der Waals surface area contributed by atoms with Gasteiger partial charge in [0, 0.05) is 10.3 Å². The molecule has 1 saturated carbocycles. The highest BCUT2D eigenvalue weighted by Gasteiger charge is 2.15. The fourth-order valence-electron chi connectivity index (χ4n) is 2.26. The Morgan fingerprint density at radius 3 is 2.79 bits per heavy atom. The third kappa shape index (κ3) is 4.62. The van der Waals surface area contributed by atoms with E-state index in [-0.39, 0.29) is 5.91 Å². The van der Waals surface area contributed by atoms with E-state index in [0.717, 1.165) is 0 Å².